The summed E-state index contributed by atoms with van der Waals surface area (Å²) in [4.78, 5) is 17.4. The van der Waals surface area contributed by atoms with Crippen LogP contribution in [0.1, 0.15) is 58.3 Å². The fourth-order valence-electron chi connectivity index (χ4n) is 5.70. The van der Waals surface area contributed by atoms with Gasteiger partial charge in [-0.3, -0.25) is 9.69 Å². The summed E-state index contributed by atoms with van der Waals surface area (Å²) in [6.45, 7) is 7.77. The monoisotopic (exact) mass is 319 g/mol. The van der Waals surface area contributed by atoms with Crippen molar-refractivity contribution in [1.82, 2.24) is 15.1 Å². The van der Waals surface area contributed by atoms with Gasteiger partial charge in [0.25, 0.3) is 0 Å². The highest BCUT2D eigenvalue weighted by Crippen LogP contribution is 2.51. The minimum Gasteiger partial charge on any atom is -0.350 e. The van der Waals surface area contributed by atoms with Crippen LogP contribution in [0.2, 0.25) is 0 Å². The van der Waals surface area contributed by atoms with Gasteiger partial charge >= 0.3 is 0 Å². The van der Waals surface area contributed by atoms with E-state index < -0.39 is 0 Å². The predicted molar refractivity (Wildman–Crippen MR) is 92.3 cm³/mol. The van der Waals surface area contributed by atoms with E-state index in [0.717, 1.165) is 13.1 Å². The Balaban J connectivity index is 1.25. The maximum Gasteiger partial charge on any atom is 0.234 e. The SMILES string of the molecule is CN1CC2(CCN(CC(=O)NC34CCC(C)(CC3)CC4)CC2)C1. The van der Waals surface area contributed by atoms with E-state index in [9.17, 15) is 4.79 Å². The van der Waals surface area contributed by atoms with Gasteiger partial charge < -0.3 is 10.2 Å². The Kier molecular flexibility index (Phi) is 3.77. The lowest BCUT2D eigenvalue weighted by atomic mass is 9.58. The highest BCUT2D eigenvalue weighted by atomic mass is 16.2. The molecular weight excluding hydrogens is 286 g/mol. The number of nitrogens with one attached hydrogen (secondary N) is 1. The molecular formula is C19H33N3O. The van der Waals surface area contributed by atoms with Gasteiger partial charge in [-0.25, -0.2) is 0 Å². The number of carbonyl (C=O) groups is 1. The van der Waals surface area contributed by atoms with Gasteiger partial charge in [0, 0.05) is 18.6 Å². The Labute approximate surface area is 141 Å². The van der Waals surface area contributed by atoms with E-state index in [1.54, 1.807) is 0 Å². The van der Waals surface area contributed by atoms with Crippen molar-refractivity contribution in [1.29, 1.82) is 0 Å². The zero-order chi connectivity index (χ0) is 16.1. The summed E-state index contributed by atoms with van der Waals surface area (Å²) in [6, 6.07) is 0. The average molecular weight is 319 g/mol. The first kappa shape index (κ1) is 15.9. The van der Waals surface area contributed by atoms with Gasteiger partial charge in [-0.2, -0.15) is 0 Å². The molecule has 0 atom stereocenters. The largest absolute Gasteiger partial charge is 0.350 e. The third-order valence-corrected chi connectivity index (χ3v) is 7.52. The van der Waals surface area contributed by atoms with E-state index in [1.807, 2.05) is 0 Å². The highest BCUT2D eigenvalue weighted by molar-refractivity contribution is 5.79. The van der Waals surface area contributed by atoms with Crippen LogP contribution < -0.4 is 5.32 Å². The van der Waals surface area contributed by atoms with E-state index in [0.29, 0.717) is 17.4 Å². The van der Waals surface area contributed by atoms with Crippen molar-refractivity contribution in [2.75, 3.05) is 39.8 Å². The normalized spacial score (nSPS) is 40.1. The van der Waals surface area contributed by atoms with Crippen LogP contribution in [0.15, 0.2) is 0 Å². The molecule has 0 radical (unpaired) electrons. The standard InChI is InChI=1S/C19H33N3O/c1-17-3-6-19(7-4-17,8-5-17)20-16(23)13-22-11-9-18(10-12-22)14-21(2)15-18/h3-15H2,1-2H3,(H,20,23). The maximum atomic E-state index is 12.6. The van der Waals surface area contributed by atoms with Crippen molar-refractivity contribution in [2.24, 2.45) is 10.8 Å². The van der Waals surface area contributed by atoms with E-state index in [1.165, 1.54) is 64.5 Å². The molecule has 3 saturated carbocycles. The van der Waals surface area contributed by atoms with Crippen LogP contribution >= 0.6 is 0 Å². The summed E-state index contributed by atoms with van der Waals surface area (Å²) in [7, 11) is 2.21. The Morgan fingerprint density at radius 1 is 0.957 bits per heavy atom. The van der Waals surface area contributed by atoms with Crippen molar-refractivity contribution >= 4 is 5.91 Å². The predicted octanol–water partition coefficient (Wildman–Crippen LogP) is 2.24. The second-order valence-corrected chi connectivity index (χ2v) is 9.59. The van der Waals surface area contributed by atoms with Crippen molar-refractivity contribution in [3.63, 3.8) is 0 Å². The van der Waals surface area contributed by atoms with Gasteiger partial charge in [0.2, 0.25) is 5.91 Å². The molecule has 5 aliphatic rings. The molecule has 0 aromatic rings. The summed E-state index contributed by atoms with van der Waals surface area (Å²) < 4.78 is 0. The molecule has 3 aliphatic carbocycles. The molecule has 4 nitrogen and oxygen atoms in total. The van der Waals surface area contributed by atoms with Crippen molar-refractivity contribution in [2.45, 2.75) is 63.8 Å². The van der Waals surface area contributed by atoms with E-state index >= 15 is 0 Å². The number of piperidine rings is 1. The summed E-state index contributed by atoms with van der Waals surface area (Å²) in [5, 5.41) is 3.45. The minimum atomic E-state index is 0.141. The molecule has 0 aromatic carbocycles. The van der Waals surface area contributed by atoms with Gasteiger partial charge in [0.1, 0.15) is 0 Å². The number of likely N-dealkylation sites (tertiary alicyclic amines) is 2. The zero-order valence-electron chi connectivity index (χ0n) is 15.0. The number of nitrogens with zero attached hydrogens (tertiary/aromatic N) is 2. The van der Waals surface area contributed by atoms with Crippen LogP contribution in [0.5, 0.6) is 0 Å². The lowest BCUT2D eigenvalue weighted by Crippen LogP contribution is -2.60. The summed E-state index contributed by atoms with van der Waals surface area (Å²) in [5.41, 5.74) is 1.30. The fraction of sp³-hybridized carbons (Fsp3) is 0.947. The fourth-order valence-corrected chi connectivity index (χ4v) is 5.70. The third-order valence-electron chi connectivity index (χ3n) is 7.52. The summed E-state index contributed by atoms with van der Waals surface area (Å²) >= 11 is 0. The number of hydrogen-bond acceptors (Lipinski definition) is 3. The van der Waals surface area contributed by atoms with Gasteiger partial charge in [0.15, 0.2) is 0 Å². The average Bonchev–Trinajstić information content (AvgIpc) is 2.50. The topological polar surface area (TPSA) is 35.6 Å². The van der Waals surface area contributed by atoms with Crippen LogP contribution in [-0.4, -0.2) is 61.0 Å². The number of carbonyl (C=O) groups excluding carboxylic acids is 1. The molecule has 0 aromatic heterocycles. The lowest BCUT2D eigenvalue weighted by Gasteiger charge is -2.53. The Morgan fingerprint density at radius 2 is 1.52 bits per heavy atom. The first-order valence-corrected chi connectivity index (χ1v) is 9.62. The molecule has 0 unspecified atom stereocenters. The molecule has 130 valence electrons. The van der Waals surface area contributed by atoms with E-state index in [-0.39, 0.29) is 11.4 Å². The summed E-state index contributed by atoms with van der Waals surface area (Å²) in [5.74, 6) is 0.275. The number of hydrogen-bond donors (Lipinski definition) is 1. The van der Waals surface area contributed by atoms with Gasteiger partial charge in [-0.15, -0.1) is 0 Å². The molecule has 1 spiro atoms. The molecule has 23 heavy (non-hydrogen) atoms. The second kappa shape index (κ2) is 5.45. The quantitative estimate of drug-likeness (QED) is 0.866. The Bertz CT molecular complexity index is 448. The Hall–Kier alpha value is -0.610. The summed E-state index contributed by atoms with van der Waals surface area (Å²) in [6.07, 6.45) is 10.0. The van der Waals surface area contributed by atoms with Gasteiger partial charge in [0.05, 0.1) is 6.54 Å². The van der Waals surface area contributed by atoms with Crippen molar-refractivity contribution in [3.8, 4) is 0 Å². The van der Waals surface area contributed by atoms with Crippen LogP contribution in [0.4, 0.5) is 0 Å². The molecule has 1 amide bonds. The van der Waals surface area contributed by atoms with Crippen molar-refractivity contribution < 1.29 is 4.79 Å². The molecule has 2 saturated heterocycles. The zero-order valence-corrected chi connectivity index (χ0v) is 15.0. The molecule has 5 fully saturated rings. The van der Waals surface area contributed by atoms with Crippen LogP contribution in [0.3, 0.4) is 0 Å². The van der Waals surface area contributed by atoms with Crippen LogP contribution in [-0.2, 0) is 4.79 Å². The highest BCUT2D eigenvalue weighted by Gasteiger charge is 2.47. The second-order valence-electron chi connectivity index (χ2n) is 9.59. The Morgan fingerprint density at radius 3 is 2.04 bits per heavy atom. The van der Waals surface area contributed by atoms with Gasteiger partial charge in [-0.05, 0) is 82.3 Å². The number of rotatable bonds is 3. The van der Waals surface area contributed by atoms with Crippen molar-refractivity contribution in [3.05, 3.63) is 0 Å². The van der Waals surface area contributed by atoms with E-state index in [4.69, 9.17) is 0 Å². The van der Waals surface area contributed by atoms with Crippen LogP contribution in [0.25, 0.3) is 0 Å². The smallest absolute Gasteiger partial charge is 0.234 e. The first-order valence-electron chi connectivity index (χ1n) is 9.62. The number of amides is 1. The first-order chi connectivity index (χ1) is 10.9. The van der Waals surface area contributed by atoms with Gasteiger partial charge in [-0.1, -0.05) is 6.92 Å². The lowest BCUT2D eigenvalue weighted by molar-refractivity contribution is -0.127. The van der Waals surface area contributed by atoms with Crippen LogP contribution in [0, 0.1) is 10.8 Å². The molecule has 1 N–H and O–H groups in total. The molecule has 4 heteroatoms. The minimum absolute atomic E-state index is 0.141. The molecule has 2 heterocycles. The maximum absolute atomic E-state index is 12.6. The molecule has 5 rings (SSSR count). The third kappa shape index (κ3) is 3.05. The van der Waals surface area contributed by atoms with E-state index in [2.05, 4.69) is 29.1 Å². The number of fused-ring (bicyclic) bond motifs is 3. The molecule has 2 aliphatic heterocycles. The molecule has 2 bridgehead atoms.